The minimum absolute atomic E-state index is 0.814. The fourth-order valence-corrected chi connectivity index (χ4v) is 2.20. The summed E-state index contributed by atoms with van der Waals surface area (Å²) in [5, 5.41) is 3.37. The molecule has 0 bridgehead atoms. The molecule has 0 aliphatic rings. The van der Waals surface area contributed by atoms with Crippen LogP contribution >= 0.6 is 11.6 Å². The van der Waals surface area contributed by atoms with E-state index in [0.29, 0.717) is 0 Å². The second-order valence-electron chi connectivity index (χ2n) is 4.03. The van der Waals surface area contributed by atoms with Gasteiger partial charge >= 0.3 is 0 Å². The highest BCUT2D eigenvalue weighted by Gasteiger charge is 2.01. The van der Waals surface area contributed by atoms with Crippen LogP contribution in [0.25, 0.3) is 10.8 Å². The number of hydrogen-bond donors (Lipinski definition) is 0. The molecule has 0 aliphatic carbocycles. The molecular formula is C14H15Cl. The number of hydrogen-bond acceptors (Lipinski definition) is 0. The van der Waals surface area contributed by atoms with Crippen LogP contribution in [-0.2, 0) is 6.42 Å². The Labute approximate surface area is 95.9 Å². The summed E-state index contributed by atoms with van der Waals surface area (Å²) < 4.78 is 0. The van der Waals surface area contributed by atoms with E-state index >= 15 is 0 Å². The third kappa shape index (κ3) is 2.15. The van der Waals surface area contributed by atoms with Gasteiger partial charge in [-0.05, 0) is 47.4 Å². The summed E-state index contributed by atoms with van der Waals surface area (Å²) in [6.07, 6.45) is 2.35. The molecule has 0 spiro atoms. The average molecular weight is 219 g/mol. The van der Waals surface area contributed by atoms with E-state index in [0.717, 1.165) is 11.4 Å². The van der Waals surface area contributed by atoms with Crippen LogP contribution in [0.1, 0.15) is 24.5 Å². The molecule has 78 valence electrons. The first kappa shape index (κ1) is 10.5. The zero-order valence-electron chi connectivity index (χ0n) is 9.18. The monoisotopic (exact) mass is 218 g/mol. The first-order chi connectivity index (χ1) is 7.20. The van der Waals surface area contributed by atoms with Crippen molar-refractivity contribution in [2.75, 3.05) is 0 Å². The summed E-state index contributed by atoms with van der Waals surface area (Å²) in [4.78, 5) is 0. The highest BCUT2D eigenvalue weighted by atomic mass is 35.5. The van der Waals surface area contributed by atoms with Gasteiger partial charge in [0.25, 0.3) is 0 Å². The van der Waals surface area contributed by atoms with Gasteiger partial charge in [0, 0.05) is 5.02 Å². The smallest absolute Gasteiger partial charge is 0.0412 e. The molecule has 2 rings (SSSR count). The Bertz CT molecular complexity index is 486. The number of halogens is 1. The van der Waals surface area contributed by atoms with Crippen LogP contribution in [0.2, 0.25) is 5.02 Å². The number of rotatable bonds is 2. The van der Waals surface area contributed by atoms with E-state index in [-0.39, 0.29) is 0 Å². The van der Waals surface area contributed by atoms with Gasteiger partial charge in [-0.25, -0.2) is 0 Å². The lowest BCUT2D eigenvalue weighted by atomic mass is 10.00. The molecule has 0 N–H and O–H groups in total. The third-order valence-corrected chi connectivity index (χ3v) is 2.96. The lowest BCUT2D eigenvalue weighted by Gasteiger charge is -2.06. The highest BCUT2D eigenvalue weighted by molar-refractivity contribution is 6.31. The molecule has 0 unspecified atom stereocenters. The third-order valence-electron chi connectivity index (χ3n) is 2.72. The van der Waals surface area contributed by atoms with Crippen molar-refractivity contribution in [1.29, 1.82) is 0 Å². The molecule has 0 aromatic heterocycles. The van der Waals surface area contributed by atoms with Crippen LogP contribution in [-0.4, -0.2) is 0 Å². The van der Waals surface area contributed by atoms with E-state index in [1.807, 2.05) is 12.1 Å². The average Bonchev–Trinajstić information content (AvgIpc) is 2.20. The lowest BCUT2D eigenvalue weighted by Crippen LogP contribution is -1.86. The Morgan fingerprint density at radius 3 is 2.67 bits per heavy atom. The highest BCUT2D eigenvalue weighted by Crippen LogP contribution is 2.24. The maximum Gasteiger partial charge on any atom is 0.0412 e. The van der Waals surface area contributed by atoms with Crippen molar-refractivity contribution in [1.82, 2.24) is 0 Å². The van der Waals surface area contributed by atoms with Gasteiger partial charge in [0.15, 0.2) is 0 Å². The van der Waals surface area contributed by atoms with E-state index in [9.17, 15) is 0 Å². The van der Waals surface area contributed by atoms with E-state index in [4.69, 9.17) is 11.6 Å². The number of aryl methyl sites for hydroxylation is 2. The fraction of sp³-hybridized carbons (Fsp3) is 0.286. The summed E-state index contributed by atoms with van der Waals surface area (Å²) in [7, 11) is 0. The van der Waals surface area contributed by atoms with Gasteiger partial charge in [-0.3, -0.25) is 0 Å². The first-order valence-corrected chi connectivity index (χ1v) is 5.77. The van der Waals surface area contributed by atoms with Crippen LogP contribution in [0.3, 0.4) is 0 Å². The van der Waals surface area contributed by atoms with Crippen molar-refractivity contribution in [3.05, 3.63) is 46.5 Å². The molecule has 0 saturated heterocycles. The predicted molar refractivity (Wildman–Crippen MR) is 67.7 cm³/mol. The molecule has 1 heteroatoms. The summed E-state index contributed by atoms with van der Waals surface area (Å²) >= 11 is 5.99. The maximum absolute atomic E-state index is 5.99. The normalized spacial score (nSPS) is 10.9. The predicted octanol–water partition coefficient (Wildman–Crippen LogP) is 4.75. The van der Waals surface area contributed by atoms with Crippen LogP contribution in [0, 0.1) is 6.92 Å². The Kier molecular flexibility index (Phi) is 2.97. The number of fused-ring (bicyclic) bond motifs is 1. The number of benzene rings is 2. The van der Waals surface area contributed by atoms with Crippen LogP contribution in [0.5, 0.6) is 0 Å². The zero-order valence-corrected chi connectivity index (χ0v) is 9.93. The van der Waals surface area contributed by atoms with Gasteiger partial charge in [-0.15, -0.1) is 0 Å². The van der Waals surface area contributed by atoms with Crippen molar-refractivity contribution in [3.63, 3.8) is 0 Å². The quantitative estimate of drug-likeness (QED) is 0.682. The van der Waals surface area contributed by atoms with Crippen molar-refractivity contribution >= 4 is 22.4 Å². The van der Waals surface area contributed by atoms with Gasteiger partial charge in [-0.1, -0.05) is 43.1 Å². The molecular weight excluding hydrogens is 204 g/mol. The SMILES string of the molecule is CCCc1cc(C)c2cc(Cl)ccc2c1. The summed E-state index contributed by atoms with van der Waals surface area (Å²) in [5.41, 5.74) is 2.74. The topological polar surface area (TPSA) is 0 Å². The second-order valence-corrected chi connectivity index (χ2v) is 4.46. The molecule has 0 saturated carbocycles. The molecule has 0 heterocycles. The molecule has 0 fully saturated rings. The van der Waals surface area contributed by atoms with Crippen LogP contribution in [0.15, 0.2) is 30.3 Å². The van der Waals surface area contributed by atoms with E-state index in [1.165, 1.54) is 28.3 Å². The Hall–Kier alpha value is -1.01. The van der Waals surface area contributed by atoms with Gasteiger partial charge in [0.1, 0.15) is 0 Å². The van der Waals surface area contributed by atoms with Crippen molar-refractivity contribution in [2.24, 2.45) is 0 Å². The molecule has 2 aromatic carbocycles. The van der Waals surface area contributed by atoms with Gasteiger partial charge < -0.3 is 0 Å². The van der Waals surface area contributed by atoms with Gasteiger partial charge in [0.05, 0.1) is 0 Å². The molecule has 0 amide bonds. The molecule has 0 nitrogen and oxygen atoms in total. The first-order valence-electron chi connectivity index (χ1n) is 5.39. The molecule has 0 radical (unpaired) electrons. The summed E-state index contributed by atoms with van der Waals surface area (Å²) in [6.45, 7) is 4.36. The minimum Gasteiger partial charge on any atom is -0.0843 e. The Morgan fingerprint density at radius 1 is 1.13 bits per heavy atom. The molecule has 2 aromatic rings. The van der Waals surface area contributed by atoms with Gasteiger partial charge in [0.2, 0.25) is 0 Å². The van der Waals surface area contributed by atoms with Crippen molar-refractivity contribution in [3.8, 4) is 0 Å². The molecule has 0 aliphatic heterocycles. The van der Waals surface area contributed by atoms with Crippen molar-refractivity contribution in [2.45, 2.75) is 26.7 Å². The summed E-state index contributed by atoms with van der Waals surface area (Å²) in [6, 6.07) is 10.6. The van der Waals surface area contributed by atoms with Crippen LogP contribution in [0.4, 0.5) is 0 Å². The molecule has 15 heavy (non-hydrogen) atoms. The second kappa shape index (κ2) is 4.24. The van der Waals surface area contributed by atoms with E-state index in [1.54, 1.807) is 0 Å². The Balaban J connectivity index is 2.62. The maximum atomic E-state index is 5.99. The minimum atomic E-state index is 0.814. The fourth-order valence-electron chi connectivity index (χ4n) is 2.03. The summed E-state index contributed by atoms with van der Waals surface area (Å²) in [5.74, 6) is 0. The Morgan fingerprint density at radius 2 is 1.93 bits per heavy atom. The van der Waals surface area contributed by atoms with Crippen molar-refractivity contribution < 1.29 is 0 Å². The standard InChI is InChI=1S/C14H15Cl/c1-3-4-11-7-10(2)14-9-13(15)6-5-12(14)8-11/h5-9H,3-4H2,1-2H3. The van der Waals surface area contributed by atoms with E-state index in [2.05, 4.69) is 32.0 Å². The lowest BCUT2D eigenvalue weighted by molar-refractivity contribution is 0.922. The molecule has 0 atom stereocenters. The van der Waals surface area contributed by atoms with E-state index < -0.39 is 0 Å². The zero-order chi connectivity index (χ0) is 10.8. The van der Waals surface area contributed by atoms with Gasteiger partial charge in [-0.2, -0.15) is 0 Å². The van der Waals surface area contributed by atoms with Crippen LogP contribution < -0.4 is 0 Å². The largest absolute Gasteiger partial charge is 0.0843 e.